The van der Waals surface area contributed by atoms with Crippen LogP contribution in [0.1, 0.15) is 10.5 Å². The number of aryl methyl sites for hydroxylation is 1. The van der Waals surface area contributed by atoms with Gasteiger partial charge in [-0.2, -0.15) is 14.7 Å². The van der Waals surface area contributed by atoms with Gasteiger partial charge in [-0.1, -0.05) is 18.2 Å². The molecule has 0 saturated carbocycles. The quantitative estimate of drug-likeness (QED) is 0.470. The van der Waals surface area contributed by atoms with E-state index in [1.54, 1.807) is 22.8 Å². The van der Waals surface area contributed by atoms with Gasteiger partial charge in [-0.25, -0.2) is 4.68 Å². The van der Waals surface area contributed by atoms with Crippen molar-refractivity contribution in [3.8, 4) is 22.8 Å². The third-order valence-electron chi connectivity index (χ3n) is 4.79. The van der Waals surface area contributed by atoms with E-state index in [-0.39, 0.29) is 11.3 Å². The van der Waals surface area contributed by atoms with E-state index in [4.69, 9.17) is 0 Å². The van der Waals surface area contributed by atoms with Gasteiger partial charge in [-0.15, -0.1) is 10.2 Å². The fourth-order valence-corrected chi connectivity index (χ4v) is 3.14. The van der Waals surface area contributed by atoms with Gasteiger partial charge in [0.1, 0.15) is 11.4 Å². The zero-order valence-corrected chi connectivity index (χ0v) is 16.9. The third kappa shape index (κ3) is 3.60. The van der Waals surface area contributed by atoms with Crippen LogP contribution in [-0.2, 0) is 7.05 Å². The number of aromatic nitrogens is 7. The highest BCUT2D eigenvalue weighted by molar-refractivity contribution is 6.02. The Kier molecular flexibility index (Phi) is 4.71. The molecule has 1 N–H and O–H groups in total. The Morgan fingerprint density at radius 3 is 2.47 bits per heavy atom. The number of nitrogens with zero attached hydrogens (tertiary/aromatic N) is 7. The van der Waals surface area contributed by atoms with Crippen LogP contribution in [0.4, 0.5) is 5.69 Å². The average molecular weight is 424 g/mol. The van der Waals surface area contributed by atoms with Gasteiger partial charge in [0.2, 0.25) is 5.82 Å². The van der Waals surface area contributed by atoms with Crippen molar-refractivity contribution in [2.45, 2.75) is 0 Å². The molecule has 1 aromatic carbocycles. The first-order valence-corrected chi connectivity index (χ1v) is 9.68. The van der Waals surface area contributed by atoms with E-state index < -0.39 is 5.91 Å². The second kappa shape index (κ2) is 7.84. The number of hydrogen-bond acceptors (Lipinski definition) is 7. The van der Waals surface area contributed by atoms with Crippen molar-refractivity contribution in [1.29, 1.82) is 0 Å². The molecule has 32 heavy (non-hydrogen) atoms. The van der Waals surface area contributed by atoms with E-state index in [0.717, 1.165) is 10.2 Å². The molecule has 0 aliphatic heterocycles. The van der Waals surface area contributed by atoms with Crippen LogP contribution in [0.15, 0.2) is 77.7 Å². The summed E-state index contributed by atoms with van der Waals surface area (Å²) in [6.07, 6.45) is 1.69. The molecule has 0 aliphatic rings. The van der Waals surface area contributed by atoms with Crippen molar-refractivity contribution in [1.82, 2.24) is 34.6 Å². The smallest absolute Gasteiger partial charge is 0.276 e. The Hall–Kier alpha value is -4.73. The second-order valence-electron chi connectivity index (χ2n) is 6.94. The van der Waals surface area contributed by atoms with Crippen LogP contribution < -0.4 is 10.9 Å². The van der Waals surface area contributed by atoms with Crippen LogP contribution >= 0.6 is 0 Å². The van der Waals surface area contributed by atoms with E-state index in [0.29, 0.717) is 28.5 Å². The standard InChI is InChI=1S/C22H16N8O2/c1-29-20(31)12-10-18(27-29)22(32)24-15-7-5-14(6-8-15)16-9-11-19-25-26-21(30(19)28-16)17-4-2-3-13-23-17/h2-13H,1H3,(H,24,32). The van der Waals surface area contributed by atoms with E-state index in [2.05, 4.69) is 30.7 Å². The number of anilines is 1. The Bertz CT molecular complexity index is 1490. The number of carbonyl (C=O) groups excluding carboxylic acids is 1. The zero-order valence-electron chi connectivity index (χ0n) is 16.9. The summed E-state index contributed by atoms with van der Waals surface area (Å²) in [6.45, 7) is 0. The summed E-state index contributed by atoms with van der Waals surface area (Å²) in [5.74, 6) is 0.147. The summed E-state index contributed by atoms with van der Waals surface area (Å²) in [7, 11) is 1.49. The molecule has 10 heteroatoms. The Morgan fingerprint density at radius 2 is 1.72 bits per heavy atom. The molecule has 10 nitrogen and oxygen atoms in total. The Labute approximate surface area is 181 Å². The number of rotatable bonds is 4. The Morgan fingerprint density at radius 1 is 0.875 bits per heavy atom. The first kappa shape index (κ1) is 19.2. The first-order valence-electron chi connectivity index (χ1n) is 9.68. The molecule has 0 atom stereocenters. The van der Waals surface area contributed by atoms with Crippen LogP contribution in [0, 0.1) is 0 Å². The van der Waals surface area contributed by atoms with E-state index >= 15 is 0 Å². The summed E-state index contributed by atoms with van der Waals surface area (Å²) in [4.78, 5) is 28.2. The van der Waals surface area contributed by atoms with Crippen molar-refractivity contribution < 1.29 is 4.79 Å². The molecule has 0 aliphatic carbocycles. The van der Waals surface area contributed by atoms with Crippen molar-refractivity contribution in [3.63, 3.8) is 0 Å². The largest absolute Gasteiger partial charge is 0.321 e. The fourth-order valence-electron chi connectivity index (χ4n) is 3.14. The van der Waals surface area contributed by atoms with Gasteiger partial charge in [-0.05, 0) is 42.5 Å². The summed E-state index contributed by atoms with van der Waals surface area (Å²) in [6, 6.07) is 19.2. The summed E-state index contributed by atoms with van der Waals surface area (Å²) < 4.78 is 2.77. The highest BCUT2D eigenvalue weighted by atomic mass is 16.2. The van der Waals surface area contributed by atoms with Crippen LogP contribution in [0.5, 0.6) is 0 Å². The van der Waals surface area contributed by atoms with E-state index in [1.807, 2.05) is 42.5 Å². The molecule has 4 heterocycles. The molecule has 0 radical (unpaired) electrons. The zero-order chi connectivity index (χ0) is 22.1. The summed E-state index contributed by atoms with van der Waals surface area (Å²) >= 11 is 0. The lowest BCUT2D eigenvalue weighted by Crippen LogP contribution is -2.23. The number of carbonyl (C=O) groups is 1. The van der Waals surface area contributed by atoms with Crippen LogP contribution in [0.3, 0.4) is 0 Å². The molecule has 0 unspecified atom stereocenters. The maximum absolute atomic E-state index is 12.4. The van der Waals surface area contributed by atoms with Crippen molar-refractivity contribution in [2.75, 3.05) is 5.32 Å². The molecule has 0 fully saturated rings. The molecule has 0 saturated heterocycles. The summed E-state index contributed by atoms with van der Waals surface area (Å²) in [5, 5.41) is 19.7. The monoisotopic (exact) mass is 424 g/mol. The lowest BCUT2D eigenvalue weighted by Gasteiger charge is -2.07. The van der Waals surface area contributed by atoms with Gasteiger partial charge in [0.05, 0.1) is 5.69 Å². The normalized spacial score (nSPS) is 10.9. The van der Waals surface area contributed by atoms with Crippen LogP contribution in [-0.4, -0.2) is 40.5 Å². The van der Waals surface area contributed by atoms with Gasteiger partial charge < -0.3 is 5.32 Å². The molecule has 5 rings (SSSR count). The number of fused-ring (bicyclic) bond motifs is 1. The molecule has 0 bridgehead atoms. The minimum absolute atomic E-state index is 0.151. The molecule has 1 amide bonds. The molecule has 156 valence electrons. The molecule has 5 aromatic rings. The fraction of sp³-hybridized carbons (Fsp3) is 0.0455. The van der Waals surface area contributed by atoms with Gasteiger partial charge in [0.25, 0.3) is 11.5 Å². The number of pyridine rings is 1. The van der Waals surface area contributed by atoms with Crippen LogP contribution in [0.25, 0.3) is 28.4 Å². The Balaban J connectivity index is 1.40. The number of nitrogens with one attached hydrogen (secondary N) is 1. The maximum atomic E-state index is 12.4. The van der Waals surface area contributed by atoms with Crippen molar-refractivity contribution >= 4 is 17.2 Å². The minimum atomic E-state index is -0.405. The summed E-state index contributed by atoms with van der Waals surface area (Å²) in [5.41, 5.74) is 3.32. The SMILES string of the molecule is Cn1nc(C(=O)Nc2ccc(-c3ccc4nnc(-c5ccccn5)n4n3)cc2)ccc1=O. The second-order valence-corrected chi connectivity index (χ2v) is 6.94. The lowest BCUT2D eigenvalue weighted by molar-refractivity contribution is 0.102. The van der Waals surface area contributed by atoms with Gasteiger partial charge in [0, 0.05) is 30.6 Å². The average Bonchev–Trinajstić information content (AvgIpc) is 3.25. The molecule has 0 spiro atoms. The maximum Gasteiger partial charge on any atom is 0.276 e. The number of benzene rings is 1. The highest BCUT2D eigenvalue weighted by Gasteiger charge is 2.12. The first-order chi connectivity index (χ1) is 15.6. The number of amides is 1. The minimum Gasteiger partial charge on any atom is -0.321 e. The number of hydrogen-bond donors (Lipinski definition) is 1. The van der Waals surface area contributed by atoms with Crippen molar-refractivity contribution in [2.24, 2.45) is 7.05 Å². The lowest BCUT2D eigenvalue weighted by atomic mass is 10.1. The van der Waals surface area contributed by atoms with E-state index in [1.165, 1.54) is 19.2 Å². The van der Waals surface area contributed by atoms with Gasteiger partial charge in [0.15, 0.2) is 5.65 Å². The molecular formula is C22H16N8O2. The predicted octanol–water partition coefficient (Wildman–Crippen LogP) is 2.20. The van der Waals surface area contributed by atoms with E-state index in [9.17, 15) is 9.59 Å². The molecular weight excluding hydrogens is 408 g/mol. The highest BCUT2D eigenvalue weighted by Crippen LogP contribution is 2.22. The predicted molar refractivity (Wildman–Crippen MR) is 117 cm³/mol. The van der Waals surface area contributed by atoms with Gasteiger partial charge in [-0.3, -0.25) is 14.6 Å². The van der Waals surface area contributed by atoms with Gasteiger partial charge >= 0.3 is 0 Å². The van der Waals surface area contributed by atoms with Crippen LogP contribution in [0.2, 0.25) is 0 Å². The topological polar surface area (TPSA) is 120 Å². The van der Waals surface area contributed by atoms with Crippen molar-refractivity contribution in [3.05, 3.63) is 89.0 Å². The third-order valence-corrected chi connectivity index (χ3v) is 4.79. The molecule has 4 aromatic heterocycles.